The van der Waals surface area contributed by atoms with E-state index in [9.17, 15) is 13.2 Å². The Balaban J connectivity index is 4.07. The molecule has 0 saturated heterocycles. The van der Waals surface area contributed by atoms with Crippen LogP contribution in [0.4, 0.5) is 4.79 Å². The Morgan fingerprint density at radius 1 is 1.50 bits per heavy atom. The van der Waals surface area contributed by atoms with Crippen molar-refractivity contribution in [1.82, 2.24) is 3.71 Å². The molecule has 0 aliphatic rings. The SMILES string of the molecule is O=C(OS(=O)(=O)O)N(S)S. The lowest BCUT2D eigenvalue weighted by atomic mass is 11.3. The summed E-state index contributed by atoms with van der Waals surface area (Å²) < 4.78 is 31.0. The first-order valence-corrected chi connectivity index (χ1v) is 3.88. The van der Waals surface area contributed by atoms with Gasteiger partial charge in [-0.3, -0.25) is 4.55 Å². The smallest absolute Gasteiger partial charge is 0.305 e. The summed E-state index contributed by atoms with van der Waals surface area (Å²) in [5.41, 5.74) is 0. The average Bonchev–Trinajstić information content (AvgIpc) is 1.60. The molecule has 0 aliphatic carbocycles. The summed E-state index contributed by atoms with van der Waals surface area (Å²) in [5.74, 6) is 0. The van der Waals surface area contributed by atoms with Crippen molar-refractivity contribution in [2.75, 3.05) is 0 Å². The lowest BCUT2D eigenvalue weighted by Gasteiger charge is -2.03. The topological polar surface area (TPSA) is 83.9 Å². The zero-order valence-corrected chi connectivity index (χ0v) is 6.94. The molecule has 10 heavy (non-hydrogen) atoms. The van der Waals surface area contributed by atoms with Crippen molar-refractivity contribution in [1.29, 1.82) is 0 Å². The molecule has 0 atom stereocenters. The Hall–Kier alpha value is -0.120. The normalized spacial score (nSPS) is 10.7. The molecule has 0 saturated carbocycles. The van der Waals surface area contributed by atoms with Gasteiger partial charge in [0.15, 0.2) is 0 Å². The van der Waals surface area contributed by atoms with Gasteiger partial charge < -0.3 is 4.18 Å². The van der Waals surface area contributed by atoms with Crippen LogP contribution in [0.1, 0.15) is 0 Å². The van der Waals surface area contributed by atoms with E-state index in [1.807, 2.05) is 0 Å². The molecular formula is CH3NO5S3. The Morgan fingerprint density at radius 3 is 2.00 bits per heavy atom. The molecule has 0 fully saturated rings. The molecule has 0 bridgehead atoms. The van der Waals surface area contributed by atoms with Gasteiger partial charge in [0.05, 0.1) is 0 Å². The number of carbonyl (C=O) groups is 1. The third-order valence-electron chi connectivity index (χ3n) is 0.340. The highest BCUT2D eigenvalue weighted by molar-refractivity contribution is 7.94. The first-order chi connectivity index (χ1) is 4.33. The molecule has 60 valence electrons. The van der Waals surface area contributed by atoms with Crippen molar-refractivity contribution in [2.45, 2.75) is 0 Å². The van der Waals surface area contributed by atoms with Crippen LogP contribution in [0.5, 0.6) is 0 Å². The maximum atomic E-state index is 10.2. The van der Waals surface area contributed by atoms with Gasteiger partial charge in [-0.15, -0.1) is 0 Å². The van der Waals surface area contributed by atoms with Crippen LogP contribution >= 0.6 is 25.6 Å². The standard InChI is InChI=1S/CH3NO5S3/c3-1(2(8)9)7-10(4,5)6/h8-9H,(H,4,5,6). The van der Waals surface area contributed by atoms with Crippen molar-refractivity contribution in [3.63, 3.8) is 0 Å². The number of thiol groups is 2. The summed E-state index contributed by atoms with van der Waals surface area (Å²) in [4.78, 5) is 10.2. The molecule has 0 aromatic carbocycles. The van der Waals surface area contributed by atoms with Gasteiger partial charge >= 0.3 is 16.5 Å². The highest BCUT2D eigenvalue weighted by atomic mass is 32.3. The first kappa shape index (κ1) is 9.88. The molecule has 0 aliphatic heterocycles. The Kier molecular flexibility index (Phi) is 3.28. The predicted octanol–water partition coefficient (Wildman–Crippen LogP) is -0.0826. The van der Waals surface area contributed by atoms with E-state index in [1.54, 1.807) is 0 Å². The maximum absolute atomic E-state index is 10.2. The molecule has 0 radical (unpaired) electrons. The number of rotatable bonds is 1. The molecule has 0 spiro atoms. The molecule has 0 heterocycles. The number of nitrogens with zero attached hydrogens (tertiary/aromatic N) is 1. The van der Waals surface area contributed by atoms with Gasteiger partial charge in [-0.05, 0) is 25.6 Å². The van der Waals surface area contributed by atoms with Crippen LogP contribution in [0.3, 0.4) is 0 Å². The van der Waals surface area contributed by atoms with Crippen molar-refractivity contribution in [3.8, 4) is 0 Å². The molecule has 0 rings (SSSR count). The molecule has 0 aromatic heterocycles. The van der Waals surface area contributed by atoms with Crippen LogP contribution in [0.2, 0.25) is 0 Å². The Morgan fingerprint density at radius 2 is 1.90 bits per heavy atom. The lowest BCUT2D eigenvalue weighted by molar-refractivity contribution is 0.192. The van der Waals surface area contributed by atoms with Crippen LogP contribution in [0.25, 0.3) is 0 Å². The van der Waals surface area contributed by atoms with Crippen LogP contribution < -0.4 is 0 Å². The Labute approximate surface area is 68.2 Å². The second-order valence-electron chi connectivity index (χ2n) is 1.07. The molecule has 1 amide bonds. The van der Waals surface area contributed by atoms with Crippen molar-refractivity contribution >= 4 is 42.1 Å². The fourth-order valence-electron chi connectivity index (χ4n) is 0.123. The van der Waals surface area contributed by atoms with Gasteiger partial charge in [0.2, 0.25) is 0 Å². The largest absolute Gasteiger partial charge is 0.450 e. The molecule has 0 aromatic rings. The zero-order valence-electron chi connectivity index (χ0n) is 4.33. The highest BCUT2D eigenvalue weighted by Crippen LogP contribution is 2.02. The summed E-state index contributed by atoms with van der Waals surface area (Å²) in [6, 6.07) is 0. The van der Waals surface area contributed by atoms with Crippen LogP contribution in [0, 0.1) is 0 Å². The summed E-state index contributed by atoms with van der Waals surface area (Å²) in [7, 11) is -4.76. The van der Waals surface area contributed by atoms with Gasteiger partial charge in [0.1, 0.15) is 0 Å². The molecule has 6 nitrogen and oxygen atoms in total. The number of amides is 1. The molecule has 1 N–H and O–H groups in total. The van der Waals surface area contributed by atoms with Gasteiger partial charge in [-0.1, -0.05) is 0 Å². The van der Waals surface area contributed by atoms with Gasteiger partial charge in [0.25, 0.3) is 0 Å². The fraction of sp³-hybridized carbons (Fsp3) is 0. The minimum atomic E-state index is -4.76. The van der Waals surface area contributed by atoms with Crippen LogP contribution in [-0.4, -0.2) is 22.8 Å². The van der Waals surface area contributed by atoms with Gasteiger partial charge in [-0.2, -0.15) is 12.1 Å². The quantitative estimate of drug-likeness (QED) is 0.412. The molecular weight excluding hydrogens is 202 g/mol. The van der Waals surface area contributed by atoms with Gasteiger partial charge in [0, 0.05) is 0 Å². The average molecular weight is 205 g/mol. The second-order valence-corrected chi connectivity index (χ2v) is 3.20. The van der Waals surface area contributed by atoms with Crippen LogP contribution in [-0.2, 0) is 14.6 Å². The predicted molar refractivity (Wildman–Crippen MR) is 37.8 cm³/mol. The second kappa shape index (κ2) is 3.32. The van der Waals surface area contributed by atoms with E-state index in [2.05, 4.69) is 29.8 Å². The van der Waals surface area contributed by atoms with Crippen molar-refractivity contribution < 1.29 is 21.9 Å². The number of carbonyl (C=O) groups excluding carboxylic acids is 1. The lowest BCUT2D eigenvalue weighted by Crippen LogP contribution is -2.17. The fourth-order valence-corrected chi connectivity index (χ4v) is 0.570. The zero-order chi connectivity index (χ0) is 8.36. The summed E-state index contributed by atoms with van der Waals surface area (Å²) >= 11 is 6.50. The molecule has 9 heteroatoms. The summed E-state index contributed by atoms with van der Waals surface area (Å²) in [6.07, 6.45) is -1.41. The van der Waals surface area contributed by atoms with Crippen molar-refractivity contribution in [3.05, 3.63) is 0 Å². The third-order valence-corrected chi connectivity index (χ3v) is 1.02. The van der Waals surface area contributed by atoms with E-state index in [0.29, 0.717) is 0 Å². The summed E-state index contributed by atoms with van der Waals surface area (Å²) in [6.45, 7) is 0. The van der Waals surface area contributed by atoms with E-state index in [1.165, 1.54) is 0 Å². The number of hydrogen-bond donors (Lipinski definition) is 3. The van der Waals surface area contributed by atoms with E-state index in [0.717, 1.165) is 0 Å². The minimum Gasteiger partial charge on any atom is -0.305 e. The van der Waals surface area contributed by atoms with E-state index < -0.39 is 16.5 Å². The first-order valence-electron chi connectivity index (χ1n) is 1.71. The van der Waals surface area contributed by atoms with Crippen LogP contribution in [0.15, 0.2) is 0 Å². The number of hydrogen-bond acceptors (Lipinski definition) is 6. The highest BCUT2D eigenvalue weighted by Gasteiger charge is 2.15. The monoisotopic (exact) mass is 205 g/mol. The van der Waals surface area contributed by atoms with Gasteiger partial charge in [-0.25, -0.2) is 4.79 Å². The van der Waals surface area contributed by atoms with Crippen molar-refractivity contribution in [2.24, 2.45) is 0 Å². The molecule has 0 unspecified atom stereocenters. The third kappa shape index (κ3) is 4.73. The Bertz CT molecular complexity index is 217. The van der Waals surface area contributed by atoms with E-state index >= 15 is 0 Å². The van der Waals surface area contributed by atoms with E-state index in [-0.39, 0.29) is 3.71 Å². The summed E-state index contributed by atoms with van der Waals surface area (Å²) in [5, 5.41) is 0. The van der Waals surface area contributed by atoms with E-state index in [4.69, 9.17) is 4.55 Å². The minimum absolute atomic E-state index is 0.258. The maximum Gasteiger partial charge on any atom is 0.450 e.